The van der Waals surface area contributed by atoms with Crippen LogP contribution in [0.1, 0.15) is 45.6 Å². The van der Waals surface area contributed by atoms with Crippen LogP contribution in [0.4, 0.5) is 14.6 Å². The third-order valence-corrected chi connectivity index (χ3v) is 4.19. The molecule has 2 heterocycles. The average Bonchev–Trinajstić information content (AvgIpc) is 2.95. The quantitative estimate of drug-likeness (QED) is 0.790. The Labute approximate surface area is 123 Å². The molecule has 8 heteroatoms. The van der Waals surface area contributed by atoms with E-state index in [0.29, 0.717) is 29.1 Å². The molecule has 0 fully saturated rings. The fourth-order valence-electron chi connectivity index (χ4n) is 3.40. The van der Waals surface area contributed by atoms with Crippen molar-refractivity contribution in [1.82, 2.24) is 15.5 Å². The van der Waals surface area contributed by atoms with Crippen molar-refractivity contribution >= 4 is 11.7 Å². The summed E-state index contributed by atoms with van der Waals surface area (Å²) in [6.07, 6.45) is 0.527. The second kappa shape index (κ2) is 4.43. The molecule has 1 aromatic carbocycles. The van der Waals surface area contributed by atoms with Crippen LogP contribution in [0.3, 0.4) is 0 Å². The zero-order chi connectivity index (χ0) is 15.4. The molecule has 2 bridgehead atoms. The van der Waals surface area contributed by atoms with Crippen LogP contribution < -0.4 is 15.8 Å². The molecule has 2 atom stereocenters. The maximum atomic E-state index is 12.7. The van der Waals surface area contributed by atoms with E-state index >= 15 is 0 Å². The van der Waals surface area contributed by atoms with E-state index in [1.54, 1.807) is 6.07 Å². The zero-order valence-corrected chi connectivity index (χ0v) is 11.3. The van der Waals surface area contributed by atoms with Crippen molar-refractivity contribution in [3.05, 3.63) is 40.6 Å². The van der Waals surface area contributed by atoms with Gasteiger partial charge in [0.2, 0.25) is 0 Å². The molecule has 4 rings (SSSR count). The number of hydrogen-bond donors (Lipinski definition) is 3. The highest BCUT2D eigenvalue weighted by Gasteiger charge is 2.43. The topological polar surface area (TPSA) is 93.0 Å². The lowest BCUT2D eigenvalue weighted by Crippen LogP contribution is -2.27. The zero-order valence-electron chi connectivity index (χ0n) is 11.3. The van der Waals surface area contributed by atoms with Gasteiger partial charge in [-0.05, 0) is 18.6 Å². The number of benzene rings is 1. The van der Waals surface area contributed by atoms with Gasteiger partial charge in [0.25, 0.3) is 5.91 Å². The van der Waals surface area contributed by atoms with E-state index in [-0.39, 0.29) is 23.6 Å². The van der Waals surface area contributed by atoms with E-state index in [4.69, 9.17) is 5.73 Å². The maximum absolute atomic E-state index is 12.7. The number of fused-ring (bicyclic) bond motifs is 7. The lowest BCUT2D eigenvalue weighted by atomic mass is 9.89. The SMILES string of the molecule is Nc1[nH]nc2c1[C@@H]1C[C@H]2NC(=O)c2cccc(OC(F)F)c21. The largest absolute Gasteiger partial charge is 0.434 e. The Morgan fingerprint density at radius 3 is 2.95 bits per heavy atom. The van der Waals surface area contributed by atoms with Crippen LogP contribution >= 0.6 is 0 Å². The number of aromatic amines is 1. The molecule has 2 aliphatic rings. The third kappa shape index (κ3) is 1.69. The minimum atomic E-state index is -2.96. The van der Waals surface area contributed by atoms with Crippen LogP contribution in [-0.4, -0.2) is 22.7 Å². The monoisotopic (exact) mass is 306 g/mol. The normalized spacial score (nSPS) is 22.0. The Balaban J connectivity index is 1.95. The standard InChI is InChI=1S/C14H12F2N4O2/c15-14(16)22-8-3-1-2-5-9(8)6-4-7(18-13(5)21)11-10(6)12(17)20-19-11/h1-3,6-7,14H,4H2,(H,18,21)(H3,17,19,20)/t6-,7-/m1/s1. The second-order valence-corrected chi connectivity index (χ2v) is 5.35. The lowest BCUT2D eigenvalue weighted by Gasteiger charge is -2.18. The average molecular weight is 306 g/mol. The highest BCUT2D eigenvalue weighted by molar-refractivity contribution is 5.98. The Kier molecular flexibility index (Phi) is 2.63. The van der Waals surface area contributed by atoms with Gasteiger partial charge in [-0.15, -0.1) is 0 Å². The van der Waals surface area contributed by atoms with Gasteiger partial charge in [-0.2, -0.15) is 13.9 Å². The molecular weight excluding hydrogens is 294 g/mol. The van der Waals surface area contributed by atoms with Crippen LogP contribution in [-0.2, 0) is 0 Å². The van der Waals surface area contributed by atoms with Crippen molar-refractivity contribution in [2.24, 2.45) is 0 Å². The van der Waals surface area contributed by atoms with E-state index < -0.39 is 6.61 Å². The van der Waals surface area contributed by atoms with Crippen LogP contribution in [0.5, 0.6) is 5.75 Å². The van der Waals surface area contributed by atoms with Gasteiger partial charge in [0.05, 0.1) is 11.7 Å². The number of halogens is 2. The summed E-state index contributed by atoms with van der Waals surface area (Å²) in [5.41, 5.74) is 8.10. The number of nitrogens with zero attached hydrogens (tertiary/aromatic N) is 1. The highest BCUT2D eigenvalue weighted by atomic mass is 19.3. The minimum Gasteiger partial charge on any atom is -0.434 e. The molecule has 114 valence electrons. The number of nitrogen functional groups attached to an aromatic ring is 1. The molecular formula is C14H12F2N4O2. The molecule has 0 saturated carbocycles. The fraction of sp³-hybridized carbons (Fsp3) is 0.286. The number of amides is 1. The van der Waals surface area contributed by atoms with Crippen molar-refractivity contribution in [3.8, 4) is 5.75 Å². The minimum absolute atomic E-state index is 0.00162. The number of carbonyl (C=O) groups excluding carboxylic acids is 1. The number of aromatic nitrogens is 2. The number of nitrogens with one attached hydrogen (secondary N) is 2. The number of nitrogens with two attached hydrogens (primary N) is 1. The molecule has 0 spiro atoms. The molecule has 1 aliphatic carbocycles. The van der Waals surface area contributed by atoms with Crippen molar-refractivity contribution in [3.63, 3.8) is 0 Å². The molecule has 0 radical (unpaired) electrons. The van der Waals surface area contributed by atoms with Crippen molar-refractivity contribution < 1.29 is 18.3 Å². The van der Waals surface area contributed by atoms with E-state index in [0.717, 1.165) is 5.56 Å². The summed E-state index contributed by atoms with van der Waals surface area (Å²) in [4.78, 5) is 12.3. The van der Waals surface area contributed by atoms with Crippen LogP contribution in [0.2, 0.25) is 0 Å². The molecule has 6 nitrogen and oxygen atoms in total. The van der Waals surface area contributed by atoms with E-state index in [9.17, 15) is 13.6 Å². The first-order valence-corrected chi connectivity index (χ1v) is 6.78. The predicted octanol–water partition coefficient (Wildman–Crippen LogP) is 1.91. The predicted molar refractivity (Wildman–Crippen MR) is 72.7 cm³/mol. The van der Waals surface area contributed by atoms with Crippen molar-refractivity contribution in [2.45, 2.75) is 25.0 Å². The number of hydrogen-bond acceptors (Lipinski definition) is 4. The highest BCUT2D eigenvalue weighted by Crippen LogP contribution is 2.50. The molecule has 0 unspecified atom stereocenters. The summed E-state index contributed by atoms with van der Waals surface area (Å²) < 4.78 is 30.0. The van der Waals surface area contributed by atoms with Crippen LogP contribution in [0, 0.1) is 0 Å². The number of carbonyl (C=O) groups is 1. The molecule has 1 aliphatic heterocycles. The number of ether oxygens (including phenoxy) is 1. The molecule has 0 saturated heterocycles. The Morgan fingerprint density at radius 1 is 1.36 bits per heavy atom. The van der Waals surface area contributed by atoms with Crippen molar-refractivity contribution in [1.29, 1.82) is 0 Å². The van der Waals surface area contributed by atoms with Gasteiger partial charge in [-0.25, -0.2) is 0 Å². The van der Waals surface area contributed by atoms with Gasteiger partial charge in [0.15, 0.2) is 0 Å². The maximum Gasteiger partial charge on any atom is 0.387 e. The third-order valence-electron chi connectivity index (χ3n) is 4.19. The van der Waals surface area contributed by atoms with E-state index in [1.165, 1.54) is 12.1 Å². The van der Waals surface area contributed by atoms with E-state index in [1.807, 2.05) is 0 Å². The molecule has 1 aromatic heterocycles. The number of H-pyrrole nitrogens is 1. The molecule has 4 N–H and O–H groups in total. The molecule has 2 aromatic rings. The van der Waals surface area contributed by atoms with Crippen molar-refractivity contribution in [2.75, 3.05) is 5.73 Å². The summed E-state index contributed by atoms with van der Waals surface area (Å²) in [6.45, 7) is -2.96. The first-order valence-electron chi connectivity index (χ1n) is 6.78. The van der Waals surface area contributed by atoms with Gasteiger partial charge in [-0.3, -0.25) is 9.89 Å². The fourth-order valence-corrected chi connectivity index (χ4v) is 3.40. The smallest absolute Gasteiger partial charge is 0.387 e. The summed E-state index contributed by atoms with van der Waals surface area (Å²) in [6, 6.07) is 4.27. The van der Waals surface area contributed by atoms with Crippen LogP contribution in [0.25, 0.3) is 0 Å². The summed E-state index contributed by atoms with van der Waals surface area (Å²) >= 11 is 0. The number of anilines is 1. The first-order chi connectivity index (χ1) is 10.6. The van der Waals surface area contributed by atoms with Gasteiger partial charge < -0.3 is 15.8 Å². The Hall–Kier alpha value is -2.64. The van der Waals surface area contributed by atoms with Gasteiger partial charge in [0.1, 0.15) is 11.6 Å². The molecule has 1 amide bonds. The lowest BCUT2D eigenvalue weighted by molar-refractivity contribution is -0.0505. The van der Waals surface area contributed by atoms with Gasteiger partial charge in [0, 0.05) is 22.6 Å². The molecule has 22 heavy (non-hydrogen) atoms. The summed E-state index contributed by atoms with van der Waals surface area (Å²) in [5.74, 6) is -0.240. The Morgan fingerprint density at radius 2 is 2.18 bits per heavy atom. The number of rotatable bonds is 2. The Bertz CT molecular complexity index is 774. The first kappa shape index (κ1) is 13.1. The summed E-state index contributed by atoms with van der Waals surface area (Å²) in [7, 11) is 0. The van der Waals surface area contributed by atoms with Gasteiger partial charge >= 0.3 is 6.61 Å². The van der Waals surface area contributed by atoms with Crippen LogP contribution in [0.15, 0.2) is 18.2 Å². The van der Waals surface area contributed by atoms with Gasteiger partial charge in [-0.1, -0.05) is 6.07 Å². The summed E-state index contributed by atoms with van der Waals surface area (Å²) in [5, 5.41) is 9.67. The second-order valence-electron chi connectivity index (χ2n) is 5.35. The number of alkyl halides is 2. The van der Waals surface area contributed by atoms with E-state index in [2.05, 4.69) is 20.3 Å².